The summed E-state index contributed by atoms with van der Waals surface area (Å²) in [5.74, 6) is 0.280. The Bertz CT molecular complexity index is 601. The minimum absolute atomic E-state index is 0. The van der Waals surface area contributed by atoms with Gasteiger partial charge in [-0.15, -0.1) is 24.0 Å². The summed E-state index contributed by atoms with van der Waals surface area (Å²) < 4.78 is 28.7. The quantitative estimate of drug-likeness (QED) is 0.356. The molecule has 0 spiro atoms. The van der Waals surface area contributed by atoms with Crippen LogP contribution in [0.15, 0.2) is 4.99 Å². The molecule has 0 aliphatic carbocycles. The highest BCUT2D eigenvalue weighted by molar-refractivity contribution is 14.0. The standard InChI is InChI=1S/C16H32N4O4S.HI/c1-15(2,3)24-14(21)20-10-8-19(9-11-20)13(17)18-7-12-25(22,23)16(4,5)6;/h7-12H2,1-6H3,(H2,17,18);1H. The van der Waals surface area contributed by atoms with E-state index in [1.807, 2.05) is 25.7 Å². The Balaban J connectivity index is 0.00000625. The molecule has 1 heterocycles. The van der Waals surface area contributed by atoms with Crippen molar-refractivity contribution in [2.24, 2.45) is 10.7 Å². The van der Waals surface area contributed by atoms with E-state index in [1.54, 1.807) is 25.7 Å². The molecule has 0 aromatic carbocycles. The second kappa shape index (κ2) is 9.43. The predicted octanol–water partition coefficient (Wildman–Crippen LogP) is 1.69. The SMILES string of the molecule is CC(C)(C)OC(=O)N1CCN(C(N)=NCCS(=O)(=O)C(C)(C)C)CC1.I. The van der Waals surface area contributed by atoms with Crippen LogP contribution in [-0.4, -0.2) is 79.1 Å². The van der Waals surface area contributed by atoms with Crippen molar-refractivity contribution >= 4 is 45.9 Å². The summed E-state index contributed by atoms with van der Waals surface area (Å²) in [6.45, 7) is 12.7. The Labute approximate surface area is 174 Å². The summed E-state index contributed by atoms with van der Waals surface area (Å²) in [6, 6.07) is 0. The highest BCUT2D eigenvalue weighted by atomic mass is 127. The zero-order valence-corrected chi connectivity index (χ0v) is 19.8. The second-order valence-electron chi connectivity index (χ2n) is 8.13. The number of halogens is 1. The van der Waals surface area contributed by atoms with E-state index in [4.69, 9.17) is 10.5 Å². The summed E-state index contributed by atoms with van der Waals surface area (Å²) in [5.41, 5.74) is 5.44. The molecule has 1 rings (SSSR count). The van der Waals surface area contributed by atoms with Crippen molar-refractivity contribution in [3.05, 3.63) is 0 Å². The number of rotatable bonds is 3. The Hall–Kier alpha value is -0.780. The van der Waals surface area contributed by atoms with Crippen molar-refractivity contribution in [3.63, 3.8) is 0 Å². The summed E-state index contributed by atoms with van der Waals surface area (Å²) in [7, 11) is -3.21. The number of piperazine rings is 1. The van der Waals surface area contributed by atoms with Crippen molar-refractivity contribution in [3.8, 4) is 0 Å². The molecule has 8 nitrogen and oxygen atoms in total. The lowest BCUT2D eigenvalue weighted by Gasteiger charge is -2.36. The van der Waals surface area contributed by atoms with Gasteiger partial charge in [-0.2, -0.15) is 0 Å². The first-order chi connectivity index (χ1) is 11.2. The molecule has 2 N–H and O–H groups in total. The third-order valence-corrected chi connectivity index (χ3v) is 6.41. The average molecular weight is 504 g/mol. The first-order valence-electron chi connectivity index (χ1n) is 8.48. The Kier molecular flexibility index (Phi) is 9.14. The molecule has 1 fully saturated rings. The highest BCUT2D eigenvalue weighted by Gasteiger charge is 2.29. The maximum absolute atomic E-state index is 12.1. The third-order valence-electron chi connectivity index (χ3n) is 3.82. The number of hydrogen-bond acceptors (Lipinski definition) is 5. The van der Waals surface area contributed by atoms with Crippen molar-refractivity contribution < 1.29 is 17.9 Å². The molecule has 0 unspecified atom stereocenters. The smallest absolute Gasteiger partial charge is 0.410 e. The molecule has 0 aromatic heterocycles. The second-order valence-corrected chi connectivity index (χ2v) is 11.0. The number of amides is 1. The Morgan fingerprint density at radius 1 is 1.04 bits per heavy atom. The molecule has 1 aliphatic heterocycles. The number of nitrogens with two attached hydrogens (primary N) is 1. The first-order valence-corrected chi connectivity index (χ1v) is 10.1. The average Bonchev–Trinajstić information content (AvgIpc) is 2.44. The van der Waals surface area contributed by atoms with E-state index >= 15 is 0 Å². The summed E-state index contributed by atoms with van der Waals surface area (Å²) in [5, 5.41) is 0. The van der Waals surface area contributed by atoms with E-state index in [0.717, 1.165) is 0 Å². The molecule has 1 aliphatic rings. The molecule has 0 atom stereocenters. The minimum atomic E-state index is -3.21. The Morgan fingerprint density at radius 2 is 1.50 bits per heavy atom. The predicted molar refractivity (Wildman–Crippen MR) is 115 cm³/mol. The molecule has 0 bridgehead atoms. The summed E-state index contributed by atoms with van der Waals surface area (Å²) >= 11 is 0. The lowest BCUT2D eigenvalue weighted by atomic mass is 10.2. The van der Waals surface area contributed by atoms with Gasteiger partial charge in [-0.1, -0.05) is 0 Å². The van der Waals surface area contributed by atoms with Crippen LogP contribution in [0.25, 0.3) is 0 Å². The van der Waals surface area contributed by atoms with Crippen LogP contribution in [-0.2, 0) is 14.6 Å². The van der Waals surface area contributed by atoms with Crippen LogP contribution in [0.5, 0.6) is 0 Å². The topological polar surface area (TPSA) is 105 Å². The van der Waals surface area contributed by atoms with Crippen molar-refractivity contribution in [1.29, 1.82) is 0 Å². The summed E-state index contributed by atoms with van der Waals surface area (Å²) in [4.78, 5) is 19.7. The van der Waals surface area contributed by atoms with Crippen molar-refractivity contribution in [2.75, 3.05) is 38.5 Å². The molecule has 1 saturated heterocycles. The van der Waals surface area contributed by atoms with Crippen molar-refractivity contribution in [2.45, 2.75) is 51.9 Å². The van der Waals surface area contributed by atoms with Gasteiger partial charge in [0.25, 0.3) is 0 Å². The Morgan fingerprint density at radius 3 is 1.92 bits per heavy atom. The van der Waals surface area contributed by atoms with Gasteiger partial charge in [-0.05, 0) is 41.5 Å². The van der Waals surface area contributed by atoms with Gasteiger partial charge >= 0.3 is 6.09 Å². The molecular formula is C16H33IN4O4S. The lowest BCUT2D eigenvalue weighted by molar-refractivity contribution is 0.0186. The van der Waals surface area contributed by atoms with Crippen LogP contribution in [0.2, 0.25) is 0 Å². The lowest BCUT2D eigenvalue weighted by Crippen LogP contribution is -2.53. The normalized spacial score (nSPS) is 16.9. The van der Waals surface area contributed by atoms with Crippen molar-refractivity contribution in [1.82, 2.24) is 9.80 Å². The zero-order valence-electron chi connectivity index (χ0n) is 16.6. The number of ether oxygens (including phenoxy) is 1. The maximum atomic E-state index is 12.1. The molecule has 0 aromatic rings. The number of aliphatic imine (C=N–C) groups is 1. The van der Waals surface area contributed by atoms with E-state index < -0.39 is 20.2 Å². The zero-order chi connectivity index (χ0) is 19.5. The molecule has 154 valence electrons. The maximum Gasteiger partial charge on any atom is 0.410 e. The van der Waals surface area contributed by atoms with E-state index in [9.17, 15) is 13.2 Å². The van der Waals surface area contributed by atoms with Gasteiger partial charge < -0.3 is 20.3 Å². The van der Waals surface area contributed by atoms with Gasteiger partial charge in [0.15, 0.2) is 15.8 Å². The van der Waals surface area contributed by atoms with Gasteiger partial charge in [0.2, 0.25) is 0 Å². The van der Waals surface area contributed by atoms with E-state index in [0.29, 0.717) is 32.1 Å². The number of nitrogens with zero attached hydrogens (tertiary/aromatic N) is 3. The molecule has 26 heavy (non-hydrogen) atoms. The monoisotopic (exact) mass is 504 g/mol. The van der Waals surface area contributed by atoms with Crippen LogP contribution in [0.1, 0.15) is 41.5 Å². The molecular weight excluding hydrogens is 471 g/mol. The van der Waals surface area contributed by atoms with E-state index in [-0.39, 0.29) is 42.4 Å². The van der Waals surface area contributed by atoms with E-state index in [2.05, 4.69) is 4.99 Å². The van der Waals surface area contributed by atoms with Gasteiger partial charge in [0.1, 0.15) is 5.60 Å². The molecule has 1 amide bonds. The fourth-order valence-corrected chi connectivity index (χ4v) is 3.08. The summed E-state index contributed by atoms with van der Waals surface area (Å²) in [6.07, 6.45) is -0.334. The molecule has 10 heteroatoms. The number of hydrogen-bond donors (Lipinski definition) is 1. The fourth-order valence-electron chi connectivity index (χ4n) is 2.13. The number of carbonyl (C=O) groups excluding carboxylic acids is 1. The van der Waals surface area contributed by atoms with Gasteiger partial charge in [-0.3, -0.25) is 4.99 Å². The number of guanidine groups is 1. The van der Waals surface area contributed by atoms with Gasteiger partial charge in [0.05, 0.1) is 17.0 Å². The van der Waals surface area contributed by atoms with E-state index in [1.165, 1.54) is 0 Å². The molecule has 0 radical (unpaired) electrons. The van der Waals surface area contributed by atoms with Crippen LogP contribution in [0.4, 0.5) is 4.79 Å². The molecule has 0 saturated carbocycles. The fraction of sp³-hybridized carbons (Fsp3) is 0.875. The largest absolute Gasteiger partial charge is 0.444 e. The first kappa shape index (κ1) is 25.2. The third kappa shape index (κ3) is 7.85. The van der Waals surface area contributed by atoms with Crippen LogP contribution < -0.4 is 5.73 Å². The van der Waals surface area contributed by atoms with Crippen LogP contribution >= 0.6 is 24.0 Å². The van der Waals surface area contributed by atoms with Crippen LogP contribution in [0.3, 0.4) is 0 Å². The van der Waals surface area contributed by atoms with Gasteiger partial charge in [-0.25, -0.2) is 13.2 Å². The van der Waals surface area contributed by atoms with Gasteiger partial charge in [0, 0.05) is 26.2 Å². The number of sulfone groups is 1. The van der Waals surface area contributed by atoms with Crippen LogP contribution in [0, 0.1) is 0 Å². The minimum Gasteiger partial charge on any atom is -0.444 e. The highest BCUT2D eigenvalue weighted by Crippen LogP contribution is 2.16. The number of carbonyl (C=O) groups is 1.